The van der Waals surface area contributed by atoms with Crippen LogP contribution >= 0.6 is 23.1 Å². The van der Waals surface area contributed by atoms with E-state index in [-0.39, 0.29) is 22.1 Å². The molecule has 3 heterocycles. The number of thioether (sulfide) groups is 1. The SMILES string of the molecule is C/C(=C\c1csc(SCC(F)(F)F)n1)[C@@H]1CC2O[C@]2(C)CCC[C@H](C)[C@H](O)[C@@H](C)C(=O)C(C)(C)[C@@H](O)CC(=O)O1. The second-order valence-electron chi connectivity index (χ2n) is 11.9. The van der Waals surface area contributed by atoms with Crippen LogP contribution in [0.5, 0.6) is 0 Å². The van der Waals surface area contributed by atoms with Crippen LogP contribution in [0.1, 0.15) is 79.3 Å². The molecule has 0 amide bonds. The van der Waals surface area contributed by atoms with Crippen LogP contribution in [0, 0.1) is 17.3 Å². The monoisotopic (exact) mass is 607 g/mol. The van der Waals surface area contributed by atoms with Crippen molar-refractivity contribution in [1.82, 2.24) is 4.98 Å². The largest absolute Gasteiger partial charge is 0.458 e. The number of aromatic nitrogens is 1. The molecular weight excluding hydrogens is 567 g/mol. The van der Waals surface area contributed by atoms with E-state index in [0.717, 1.165) is 24.2 Å². The number of halogens is 3. The molecule has 0 spiro atoms. The van der Waals surface area contributed by atoms with E-state index in [2.05, 4.69) is 4.98 Å². The standard InChI is InChI=1S/C28H40F3NO6S2/c1-15-8-7-9-27(6)21(38-27)11-19(16(2)10-18-13-39-25(32-18)40-14-28(29,30)31)37-22(34)12-20(33)26(4,5)24(36)17(3)23(15)35/h10,13,15,17,19-21,23,33,35H,7-9,11-12,14H2,1-6H3/b16-10+/t15-,17+,19-,20-,21?,23-,27+/m0/s1. The summed E-state index contributed by atoms with van der Waals surface area (Å²) in [5.74, 6) is -2.91. The van der Waals surface area contributed by atoms with E-state index in [1.54, 1.807) is 39.2 Å². The van der Waals surface area contributed by atoms with Crippen LogP contribution < -0.4 is 0 Å². The number of rotatable bonds is 4. The number of hydrogen-bond donors (Lipinski definition) is 2. The summed E-state index contributed by atoms with van der Waals surface area (Å²) in [6.07, 6.45) is -3.58. The van der Waals surface area contributed by atoms with E-state index < -0.39 is 59.6 Å². The highest BCUT2D eigenvalue weighted by molar-refractivity contribution is 8.01. The first-order valence-corrected chi connectivity index (χ1v) is 15.4. The number of thiazole rings is 1. The smallest absolute Gasteiger partial charge is 0.398 e. The first-order chi connectivity index (χ1) is 18.4. The zero-order valence-electron chi connectivity index (χ0n) is 23.8. The Morgan fingerprint density at radius 1 is 1.25 bits per heavy atom. The number of ketones is 1. The molecule has 2 saturated heterocycles. The number of fused-ring (bicyclic) bond motifs is 1. The van der Waals surface area contributed by atoms with Crippen LogP contribution in [0.4, 0.5) is 13.2 Å². The maximum atomic E-state index is 13.3. The summed E-state index contributed by atoms with van der Waals surface area (Å²) in [5, 5.41) is 23.4. The van der Waals surface area contributed by atoms with Crippen molar-refractivity contribution in [3.8, 4) is 0 Å². The van der Waals surface area contributed by atoms with Crippen LogP contribution in [0.3, 0.4) is 0 Å². The molecule has 2 N–H and O–H groups in total. The van der Waals surface area contributed by atoms with Gasteiger partial charge in [0.25, 0.3) is 0 Å². The average Bonchev–Trinajstić information content (AvgIpc) is 3.26. The van der Waals surface area contributed by atoms with Crippen molar-refractivity contribution < 1.29 is 42.4 Å². The maximum Gasteiger partial charge on any atom is 0.398 e. The Morgan fingerprint density at radius 3 is 2.58 bits per heavy atom. The second kappa shape index (κ2) is 12.8. The van der Waals surface area contributed by atoms with Crippen molar-refractivity contribution in [3.63, 3.8) is 0 Å². The van der Waals surface area contributed by atoms with E-state index in [9.17, 15) is 33.0 Å². The predicted molar refractivity (Wildman–Crippen MR) is 148 cm³/mol. The molecule has 1 aromatic heterocycles. The lowest BCUT2D eigenvalue weighted by atomic mass is 9.73. The van der Waals surface area contributed by atoms with Crippen LogP contribution in [-0.2, 0) is 19.1 Å². The number of aliphatic hydroxyl groups excluding tert-OH is 2. The fraction of sp³-hybridized carbons (Fsp3) is 0.750. The molecule has 12 heteroatoms. The van der Waals surface area contributed by atoms with Crippen molar-refractivity contribution in [1.29, 1.82) is 0 Å². The molecule has 0 aliphatic carbocycles. The highest BCUT2D eigenvalue weighted by atomic mass is 32.2. The highest BCUT2D eigenvalue weighted by Crippen LogP contribution is 2.45. The second-order valence-corrected chi connectivity index (χ2v) is 14.0. The minimum Gasteiger partial charge on any atom is -0.458 e. The minimum absolute atomic E-state index is 0.138. The fourth-order valence-corrected chi connectivity index (χ4v) is 6.72. The lowest BCUT2D eigenvalue weighted by Crippen LogP contribution is -2.45. The number of esters is 1. The van der Waals surface area contributed by atoms with Crippen molar-refractivity contribution in [2.24, 2.45) is 17.3 Å². The number of carbonyl (C=O) groups is 2. The third-order valence-corrected chi connectivity index (χ3v) is 10.3. The van der Waals surface area contributed by atoms with Crippen molar-refractivity contribution >= 4 is 40.9 Å². The summed E-state index contributed by atoms with van der Waals surface area (Å²) in [7, 11) is 0. The van der Waals surface area contributed by atoms with Crippen LogP contribution in [0.25, 0.3) is 6.08 Å². The number of ether oxygens (including phenoxy) is 2. The van der Waals surface area contributed by atoms with Gasteiger partial charge in [-0.25, -0.2) is 4.98 Å². The molecule has 0 saturated carbocycles. The van der Waals surface area contributed by atoms with Crippen LogP contribution in [-0.4, -0.2) is 68.9 Å². The number of cyclic esters (lactones) is 1. The molecular formula is C28H40F3NO6S2. The number of carbonyl (C=O) groups excluding carboxylic acids is 2. The normalized spacial score (nSPS) is 34.7. The summed E-state index contributed by atoms with van der Waals surface area (Å²) in [4.78, 5) is 30.5. The van der Waals surface area contributed by atoms with E-state index in [4.69, 9.17) is 9.47 Å². The molecule has 2 fully saturated rings. The molecule has 1 aromatic rings. The Labute approximate surface area is 241 Å². The minimum atomic E-state index is -4.29. The molecule has 2 aliphatic heterocycles. The maximum absolute atomic E-state index is 13.3. The zero-order chi connectivity index (χ0) is 30.0. The van der Waals surface area contributed by atoms with Gasteiger partial charge in [0, 0.05) is 17.7 Å². The van der Waals surface area contributed by atoms with Crippen LogP contribution in [0.2, 0.25) is 0 Å². The number of alkyl halides is 3. The van der Waals surface area contributed by atoms with E-state index in [0.29, 0.717) is 35.9 Å². The number of epoxide rings is 1. The Balaban J connectivity index is 1.82. The van der Waals surface area contributed by atoms with Gasteiger partial charge < -0.3 is 19.7 Å². The van der Waals surface area contributed by atoms with Gasteiger partial charge >= 0.3 is 12.1 Å². The molecule has 3 rings (SSSR count). The molecule has 0 aromatic carbocycles. The number of Topliss-reactive ketones (excluding diaryl/α,β-unsaturated/α-hetero) is 1. The van der Waals surface area contributed by atoms with Gasteiger partial charge in [-0.2, -0.15) is 13.2 Å². The Kier molecular flexibility index (Phi) is 10.6. The Bertz CT molecular complexity index is 1090. The summed E-state index contributed by atoms with van der Waals surface area (Å²) in [5.41, 5.74) is -0.611. The van der Waals surface area contributed by atoms with Gasteiger partial charge in [-0.05, 0) is 44.3 Å². The summed E-state index contributed by atoms with van der Waals surface area (Å²) < 4.78 is 49.8. The van der Waals surface area contributed by atoms with E-state index in [1.165, 1.54) is 0 Å². The van der Waals surface area contributed by atoms with Gasteiger partial charge in [-0.1, -0.05) is 45.9 Å². The predicted octanol–water partition coefficient (Wildman–Crippen LogP) is 5.82. The summed E-state index contributed by atoms with van der Waals surface area (Å²) in [6, 6.07) is 0. The molecule has 0 bridgehead atoms. The quantitative estimate of drug-likeness (QED) is 0.250. The first-order valence-electron chi connectivity index (χ1n) is 13.5. The van der Waals surface area contributed by atoms with Gasteiger partial charge in [0.2, 0.25) is 0 Å². The Morgan fingerprint density at radius 2 is 1.93 bits per heavy atom. The number of hydrogen-bond acceptors (Lipinski definition) is 9. The number of nitrogens with zero attached hydrogens (tertiary/aromatic N) is 1. The molecule has 2 aliphatic rings. The highest BCUT2D eigenvalue weighted by Gasteiger charge is 2.53. The zero-order valence-corrected chi connectivity index (χ0v) is 25.4. The summed E-state index contributed by atoms with van der Waals surface area (Å²) in [6.45, 7) is 10.4. The van der Waals surface area contributed by atoms with Gasteiger partial charge in [0.05, 0.1) is 47.2 Å². The molecule has 7 nitrogen and oxygen atoms in total. The van der Waals surface area contributed by atoms with Crippen molar-refractivity contribution in [3.05, 3.63) is 16.6 Å². The summed E-state index contributed by atoms with van der Waals surface area (Å²) >= 11 is 1.72. The van der Waals surface area contributed by atoms with E-state index >= 15 is 0 Å². The van der Waals surface area contributed by atoms with Crippen molar-refractivity contribution in [2.45, 2.75) is 114 Å². The molecule has 0 radical (unpaired) electrons. The van der Waals surface area contributed by atoms with Crippen molar-refractivity contribution in [2.75, 3.05) is 5.75 Å². The first kappa shape index (κ1) is 33.0. The Hall–Kier alpha value is -1.47. The lowest BCUT2D eigenvalue weighted by molar-refractivity contribution is -0.154. The average molecular weight is 608 g/mol. The number of aliphatic hydroxyl groups is 2. The molecule has 226 valence electrons. The van der Waals surface area contributed by atoms with Gasteiger partial charge in [0.15, 0.2) is 4.34 Å². The third kappa shape index (κ3) is 8.53. The van der Waals surface area contributed by atoms with E-state index in [1.807, 2.05) is 13.8 Å². The lowest BCUT2D eigenvalue weighted by Gasteiger charge is -2.34. The molecule has 1 unspecified atom stereocenters. The van der Waals surface area contributed by atoms with Gasteiger partial charge in [-0.3, -0.25) is 9.59 Å². The van der Waals surface area contributed by atoms with Gasteiger partial charge in [-0.15, -0.1) is 11.3 Å². The molecule has 7 atom stereocenters. The van der Waals surface area contributed by atoms with Crippen LogP contribution in [0.15, 0.2) is 15.3 Å². The van der Waals surface area contributed by atoms with Gasteiger partial charge in [0.1, 0.15) is 11.9 Å². The molecule has 40 heavy (non-hydrogen) atoms. The topological polar surface area (TPSA) is 109 Å². The third-order valence-electron chi connectivity index (χ3n) is 8.15. The fourth-order valence-electron chi connectivity index (χ4n) is 5.17.